The summed E-state index contributed by atoms with van der Waals surface area (Å²) in [5.41, 5.74) is -4.75. The van der Waals surface area contributed by atoms with E-state index in [2.05, 4.69) is 10.4 Å². The molecule has 0 saturated carbocycles. The van der Waals surface area contributed by atoms with Crippen LogP contribution in [-0.2, 0) is 17.1 Å². The highest BCUT2D eigenvalue weighted by Gasteiger charge is 2.38. The molecule has 2 aromatic carbocycles. The van der Waals surface area contributed by atoms with Gasteiger partial charge in [0.2, 0.25) is 0 Å². The maximum Gasteiger partial charge on any atom is 0.416 e. The second kappa shape index (κ2) is 9.08. The zero-order valence-electron chi connectivity index (χ0n) is 16.9. The Labute approximate surface area is 186 Å². The van der Waals surface area contributed by atoms with E-state index in [1.54, 1.807) is 18.2 Å². The summed E-state index contributed by atoms with van der Waals surface area (Å²) in [5, 5.41) is 13.7. The number of carboxylic acid groups (broad SMARTS) is 1. The second-order valence-electron chi connectivity index (χ2n) is 7.14. The molecular weight excluding hydrogens is 472 g/mol. The van der Waals surface area contributed by atoms with Crippen LogP contribution in [0.4, 0.5) is 26.3 Å². The molecule has 1 atom stereocenters. The van der Waals surface area contributed by atoms with Crippen molar-refractivity contribution in [3.63, 3.8) is 0 Å². The largest absolute Gasteiger partial charge is 0.481 e. The molecule has 13 heteroatoms. The van der Waals surface area contributed by atoms with Crippen LogP contribution in [0.1, 0.15) is 39.6 Å². The van der Waals surface area contributed by atoms with Crippen molar-refractivity contribution in [1.29, 1.82) is 0 Å². The molecule has 1 aromatic heterocycles. The molecule has 3 rings (SSSR count). The highest BCUT2D eigenvalue weighted by molar-refractivity contribution is 5.92. The maximum atomic E-state index is 13.2. The highest BCUT2D eigenvalue weighted by Crippen LogP contribution is 2.38. The first-order valence-corrected chi connectivity index (χ1v) is 9.45. The number of rotatable bonds is 6. The lowest BCUT2D eigenvalue weighted by atomic mass is 9.97. The van der Waals surface area contributed by atoms with E-state index in [1.807, 2.05) is 0 Å². The molecule has 34 heavy (non-hydrogen) atoms. The molecule has 3 aromatic rings. The summed E-state index contributed by atoms with van der Waals surface area (Å²) in [6.45, 7) is 0. The van der Waals surface area contributed by atoms with E-state index in [1.165, 1.54) is 12.1 Å². The summed E-state index contributed by atoms with van der Waals surface area (Å²) < 4.78 is 80.1. The number of carbonyl (C=O) groups is 2. The number of hydrogen-bond donors (Lipinski definition) is 3. The van der Waals surface area contributed by atoms with Gasteiger partial charge in [-0.15, -0.1) is 0 Å². The minimum Gasteiger partial charge on any atom is -0.481 e. The second-order valence-corrected chi connectivity index (χ2v) is 7.14. The van der Waals surface area contributed by atoms with Gasteiger partial charge in [-0.2, -0.15) is 26.3 Å². The number of halogens is 6. The fourth-order valence-corrected chi connectivity index (χ4v) is 3.12. The quantitative estimate of drug-likeness (QED) is 0.455. The predicted octanol–water partition coefficient (Wildman–Crippen LogP) is 4.15. The van der Waals surface area contributed by atoms with Gasteiger partial charge in [-0.05, 0) is 35.9 Å². The van der Waals surface area contributed by atoms with Crippen molar-refractivity contribution in [2.75, 3.05) is 0 Å². The maximum absolute atomic E-state index is 13.2. The summed E-state index contributed by atoms with van der Waals surface area (Å²) in [7, 11) is 0. The Hall–Kier alpha value is -4.03. The Balaban J connectivity index is 2.00. The normalized spacial score (nSPS) is 12.9. The van der Waals surface area contributed by atoms with Crippen LogP contribution in [-0.4, -0.2) is 26.8 Å². The Kier molecular flexibility index (Phi) is 6.57. The lowest BCUT2D eigenvalue weighted by Gasteiger charge is -2.20. The molecule has 0 saturated heterocycles. The minimum atomic E-state index is -5.16. The van der Waals surface area contributed by atoms with E-state index in [-0.39, 0.29) is 11.8 Å². The number of amides is 1. The lowest BCUT2D eigenvalue weighted by Crippen LogP contribution is -2.31. The predicted molar refractivity (Wildman–Crippen MR) is 105 cm³/mol. The fraction of sp³-hybridized carbons (Fsp3) is 0.190. The first-order chi connectivity index (χ1) is 15.8. The molecule has 0 aliphatic rings. The van der Waals surface area contributed by atoms with Crippen LogP contribution < -0.4 is 10.9 Å². The number of benzene rings is 2. The van der Waals surface area contributed by atoms with Crippen LogP contribution in [0.15, 0.2) is 59.4 Å². The van der Waals surface area contributed by atoms with Gasteiger partial charge in [0.1, 0.15) is 5.69 Å². The molecule has 0 spiro atoms. The van der Waals surface area contributed by atoms with Crippen LogP contribution in [0, 0.1) is 0 Å². The van der Waals surface area contributed by atoms with E-state index in [0.717, 1.165) is 10.7 Å². The number of aromatic amines is 1. The van der Waals surface area contributed by atoms with Gasteiger partial charge in [0.25, 0.3) is 11.5 Å². The smallest absolute Gasteiger partial charge is 0.416 e. The highest BCUT2D eigenvalue weighted by atomic mass is 19.4. The summed E-state index contributed by atoms with van der Waals surface area (Å²) in [5.74, 6) is -2.70. The third-order valence-electron chi connectivity index (χ3n) is 4.68. The van der Waals surface area contributed by atoms with Crippen molar-refractivity contribution in [3.05, 3.63) is 87.3 Å². The molecule has 0 radical (unpaired) electrons. The molecule has 7 nitrogen and oxygen atoms in total. The number of nitrogens with zero attached hydrogens (tertiary/aromatic N) is 1. The lowest BCUT2D eigenvalue weighted by molar-refractivity contribution is -0.143. The molecule has 1 amide bonds. The molecular formula is C21H15F6N3O4. The molecule has 0 aliphatic carbocycles. The number of alkyl halides is 6. The first-order valence-electron chi connectivity index (χ1n) is 9.45. The van der Waals surface area contributed by atoms with Crippen LogP contribution in [0.2, 0.25) is 0 Å². The van der Waals surface area contributed by atoms with E-state index in [0.29, 0.717) is 17.8 Å². The van der Waals surface area contributed by atoms with Gasteiger partial charge in [0.15, 0.2) is 0 Å². The Bertz CT molecular complexity index is 1230. The van der Waals surface area contributed by atoms with Gasteiger partial charge in [0.05, 0.1) is 29.3 Å². The zero-order chi connectivity index (χ0) is 25.3. The Morgan fingerprint density at radius 1 is 0.941 bits per heavy atom. The first kappa shape index (κ1) is 24.6. The van der Waals surface area contributed by atoms with Gasteiger partial charge < -0.3 is 10.4 Å². The average Bonchev–Trinajstić information content (AvgIpc) is 3.14. The fourth-order valence-electron chi connectivity index (χ4n) is 3.12. The van der Waals surface area contributed by atoms with E-state index < -0.39 is 58.9 Å². The van der Waals surface area contributed by atoms with E-state index in [4.69, 9.17) is 5.11 Å². The number of carbonyl (C=O) groups excluding carboxylic acids is 1. The van der Waals surface area contributed by atoms with Crippen molar-refractivity contribution in [3.8, 4) is 5.69 Å². The van der Waals surface area contributed by atoms with E-state index in [9.17, 15) is 40.7 Å². The van der Waals surface area contributed by atoms with Gasteiger partial charge in [-0.25, -0.2) is 4.68 Å². The molecule has 1 unspecified atom stereocenters. The number of H-pyrrole nitrogens is 1. The topological polar surface area (TPSA) is 104 Å². The monoisotopic (exact) mass is 487 g/mol. The molecule has 0 fully saturated rings. The average molecular weight is 487 g/mol. The van der Waals surface area contributed by atoms with Crippen molar-refractivity contribution >= 4 is 11.9 Å². The number of hydrogen-bond acceptors (Lipinski definition) is 3. The van der Waals surface area contributed by atoms with Crippen molar-refractivity contribution in [2.24, 2.45) is 0 Å². The number of aliphatic carboxylic acids is 1. The number of nitrogens with one attached hydrogen (secondary N) is 2. The zero-order valence-corrected chi connectivity index (χ0v) is 16.9. The van der Waals surface area contributed by atoms with Gasteiger partial charge in [0, 0.05) is 6.07 Å². The molecule has 3 N–H and O–H groups in total. The van der Waals surface area contributed by atoms with Crippen molar-refractivity contribution in [2.45, 2.75) is 24.8 Å². The van der Waals surface area contributed by atoms with Gasteiger partial charge in [-0.1, -0.05) is 18.2 Å². The Morgan fingerprint density at radius 2 is 1.50 bits per heavy atom. The molecule has 1 heterocycles. The summed E-state index contributed by atoms with van der Waals surface area (Å²) in [4.78, 5) is 36.1. The third-order valence-corrected chi connectivity index (χ3v) is 4.68. The van der Waals surface area contributed by atoms with Crippen LogP contribution in [0.3, 0.4) is 0 Å². The SMILES string of the molecule is O=C(O)CC(NC(=O)c1cc(=O)n(-c2ccccc2)[nH]1)c1cc(C(F)(F)F)cc(C(F)(F)F)c1. The number of carboxylic acids is 1. The molecule has 0 bridgehead atoms. The van der Waals surface area contributed by atoms with Crippen LogP contribution in [0.25, 0.3) is 5.69 Å². The summed E-state index contributed by atoms with van der Waals surface area (Å²) in [6, 6.07) is 7.61. The standard InChI is InChI=1S/C21H15F6N3O4/c22-20(23,24)12-6-11(7-13(8-12)21(25,26)27)15(10-18(32)33)28-19(34)16-9-17(31)30(29-16)14-4-2-1-3-5-14/h1-9,15,29H,10H2,(H,28,34)(H,32,33). The molecule has 180 valence electrons. The van der Waals surface area contributed by atoms with Gasteiger partial charge >= 0.3 is 18.3 Å². The minimum absolute atomic E-state index is 0.111. The summed E-state index contributed by atoms with van der Waals surface area (Å²) >= 11 is 0. The van der Waals surface area contributed by atoms with Crippen LogP contribution >= 0.6 is 0 Å². The van der Waals surface area contributed by atoms with Crippen molar-refractivity contribution in [1.82, 2.24) is 15.1 Å². The van der Waals surface area contributed by atoms with Gasteiger partial charge in [-0.3, -0.25) is 19.5 Å². The van der Waals surface area contributed by atoms with E-state index >= 15 is 0 Å². The number of aromatic nitrogens is 2. The Morgan fingerprint density at radius 3 is 2.00 bits per heavy atom. The van der Waals surface area contributed by atoms with Crippen molar-refractivity contribution < 1.29 is 41.0 Å². The molecule has 0 aliphatic heterocycles. The number of para-hydroxylation sites is 1. The summed E-state index contributed by atoms with van der Waals surface area (Å²) in [6.07, 6.45) is -11.3. The third kappa shape index (κ3) is 5.66. The van der Waals surface area contributed by atoms with Crippen LogP contribution in [0.5, 0.6) is 0 Å².